The van der Waals surface area contributed by atoms with Crippen molar-refractivity contribution in [2.24, 2.45) is 0 Å². The van der Waals surface area contributed by atoms with E-state index in [1.54, 1.807) is 0 Å². The van der Waals surface area contributed by atoms with Gasteiger partial charge in [0.05, 0.1) is 0 Å². The van der Waals surface area contributed by atoms with E-state index < -0.39 is 11.6 Å². The van der Waals surface area contributed by atoms with Crippen molar-refractivity contribution in [3.63, 3.8) is 0 Å². The Morgan fingerprint density at radius 1 is 1.25 bits per heavy atom. The molecule has 0 N–H and O–H groups in total. The monoisotopic (exact) mass is 168 g/mol. The van der Waals surface area contributed by atoms with Gasteiger partial charge in [-0.05, 0) is 18.1 Å². The molecule has 1 radical (unpaired) electrons. The Bertz CT molecular complexity index is 310. The Morgan fingerprint density at radius 2 is 2.08 bits per heavy atom. The molecule has 1 aliphatic rings. The van der Waals surface area contributed by atoms with Gasteiger partial charge >= 0.3 is 0 Å². The molecule has 0 aromatic heterocycles. The SMILES string of the molecule is Fc1cc(F)c2c(c1)CC[N]C2. The number of halogens is 2. The highest BCUT2D eigenvalue weighted by molar-refractivity contribution is 5.31. The third-order valence-corrected chi connectivity index (χ3v) is 2.06. The van der Waals surface area contributed by atoms with Gasteiger partial charge in [0.25, 0.3) is 0 Å². The largest absolute Gasteiger partial charge is 0.237 e. The van der Waals surface area contributed by atoms with E-state index in [1.165, 1.54) is 6.07 Å². The molecule has 12 heavy (non-hydrogen) atoms. The molecule has 0 saturated carbocycles. The Kier molecular flexibility index (Phi) is 1.81. The summed E-state index contributed by atoms with van der Waals surface area (Å²) >= 11 is 0. The quantitative estimate of drug-likeness (QED) is 0.559. The molecule has 1 aliphatic heterocycles. The lowest BCUT2D eigenvalue weighted by Gasteiger charge is -2.15. The van der Waals surface area contributed by atoms with Crippen LogP contribution in [0, 0.1) is 11.6 Å². The summed E-state index contributed by atoms with van der Waals surface area (Å²) in [4.78, 5) is 0. The van der Waals surface area contributed by atoms with Gasteiger partial charge in [0.2, 0.25) is 0 Å². The third-order valence-electron chi connectivity index (χ3n) is 2.06. The minimum atomic E-state index is -0.492. The normalized spacial score (nSPS) is 15.8. The lowest BCUT2D eigenvalue weighted by Crippen LogP contribution is -2.19. The second-order valence-corrected chi connectivity index (χ2v) is 2.88. The van der Waals surface area contributed by atoms with Crippen LogP contribution in [0.25, 0.3) is 0 Å². The number of hydrogen-bond acceptors (Lipinski definition) is 0. The minimum absolute atomic E-state index is 0.390. The Hall–Kier alpha value is -0.960. The van der Waals surface area contributed by atoms with Crippen LogP contribution < -0.4 is 5.32 Å². The summed E-state index contributed by atoms with van der Waals surface area (Å²) in [5.41, 5.74) is 1.32. The Balaban J connectivity index is 2.53. The predicted octanol–water partition coefficient (Wildman–Crippen LogP) is 1.63. The highest BCUT2D eigenvalue weighted by Crippen LogP contribution is 2.19. The van der Waals surface area contributed by atoms with E-state index in [0.717, 1.165) is 11.6 Å². The van der Waals surface area contributed by atoms with Gasteiger partial charge < -0.3 is 0 Å². The molecular formula is C9H8F2N. The van der Waals surface area contributed by atoms with E-state index in [-0.39, 0.29) is 0 Å². The summed E-state index contributed by atoms with van der Waals surface area (Å²) in [6, 6.07) is 2.31. The summed E-state index contributed by atoms with van der Waals surface area (Å²) in [6.45, 7) is 1.07. The first-order chi connectivity index (χ1) is 5.77. The van der Waals surface area contributed by atoms with E-state index in [2.05, 4.69) is 5.32 Å². The van der Waals surface area contributed by atoms with Crippen LogP contribution in [0.3, 0.4) is 0 Å². The maximum atomic E-state index is 13.0. The van der Waals surface area contributed by atoms with Crippen molar-refractivity contribution >= 4 is 0 Å². The molecule has 0 aliphatic carbocycles. The van der Waals surface area contributed by atoms with Gasteiger partial charge in [-0.2, -0.15) is 0 Å². The topological polar surface area (TPSA) is 14.1 Å². The molecular weight excluding hydrogens is 160 g/mol. The summed E-state index contributed by atoms with van der Waals surface area (Å²) in [7, 11) is 0. The van der Waals surface area contributed by atoms with Crippen LogP contribution in [0.5, 0.6) is 0 Å². The molecule has 3 heteroatoms. The van der Waals surface area contributed by atoms with Crippen molar-refractivity contribution in [3.8, 4) is 0 Å². The van der Waals surface area contributed by atoms with Gasteiger partial charge in [-0.1, -0.05) is 0 Å². The molecule has 0 fully saturated rings. The minimum Gasteiger partial charge on any atom is -0.237 e. The Morgan fingerprint density at radius 3 is 2.92 bits per heavy atom. The van der Waals surface area contributed by atoms with Crippen LogP contribution in [0.1, 0.15) is 11.1 Å². The van der Waals surface area contributed by atoms with Crippen LogP contribution in [-0.2, 0) is 13.0 Å². The summed E-state index contributed by atoms with van der Waals surface area (Å²) < 4.78 is 25.7. The average molecular weight is 168 g/mol. The predicted molar refractivity (Wildman–Crippen MR) is 40.8 cm³/mol. The first-order valence-electron chi connectivity index (χ1n) is 3.87. The van der Waals surface area contributed by atoms with Gasteiger partial charge in [0.15, 0.2) is 0 Å². The maximum absolute atomic E-state index is 13.0. The van der Waals surface area contributed by atoms with E-state index in [0.29, 0.717) is 25.1 Å². The molecule has 1 aromatic carbocycles. The molecule has 1 aromatic rings. The van der Waals surface area contributed by atoms with Gasteiger partial charge in [-0.3, -0.25) is 0 Å². The van der Waals surface area contributed by atoms with Gasteiger partial charge in [0.1, 0.15) is 11.6 Å². The molecule has 0 saturated heterocycles. The Labute approximate surface area is 69.4 Å². The zero-order valence-electron chi connectivity index (χ0n) is 6.48. The van der Waals surface area contributed by atoms with Crippen LogP contribution in [0.15, 0.2) is 12.1 Å². The molecule has 63 valence electrons. The van der Waals surface area contributed by atoms with E-state index in [9.17, 15) is 8.78 Å². The lowest BCUT2D eigenvalue weighted by atomic mass is 10.0. The zero-order valence-corrected chi connectivity index (χ0v) is 6.48. The lowest BCUT2D eigenvalue weighted by molar-refractivity contribution is 0.534. The highest BCUT2D eigenvalue weighted by Gasteiger charge is 2.14. The molecule has 0 spiro atoms. The molecule has 1 heterocycles. The van der Waals surface area contributed by atoms with Crippen molar-refractivity contribution in [2.45, 2.75) is 13.0 Å². The smallest absolute Gasteiger partial charge is 0.130 e. The van der Waals surface area contributed by atoms with E-state index in [1.807, 2.05) is 0 Å². The van der Waals surface area contributed by atoms with Gasteiger partial charge in [-0.25, -0.2) is 14.1 Å². The fourth-order valence-electron chi connectivity index (χ4n) is 1.45. The van der Waals surface area contributed by atoms with Crippen LogP contribution in [0.2, 0.25) is 0 Å². The van der Waals surface area contributed by atoms with Gasteiger partial charge in [0, 0.05) is 24.7 Å². The number of hydrogen-bond donors (Lipinski definition) is 0. The number of rotatable bonds is 0. The summed E-state index contributed by atoms with van der Waals surface area (Å²) in [5, 5.41) is 4.05. The number of fused-ring (bicyclic) bond motifs is 1. The third kappa shape index (κ3) is 1.20. The number of benzene rings is 1. The first-order valence-corrected chi connectivity index (χ1v) is 3.87. The van der Waals surface area contributed by atoms with Crippen LogP contribution >= 0.6 is 0 Å². The van der Waals surface area contributed by atoms with E-state index >= 15 is 0 Å². The van der Waals surface area contributed by atoms with Crippen molar-refractivity contribution < 1.29 is 8.78 Å². The fraction of sp³-hybridized carbons (Fsp3) is 0.333. The van der Waals surface area contributed by atoms with Crippen molar-refractivity contribution in [1.29, 1.82) is 0 Å². The molecule has 0 bridgehead atoms. The molecule has 1 nitrogen and oxygen atoms in total. The summed E-state index contributed by atoms with van der Waals surface area (Å²) in [6.07, 6.45) is 0.657. The average Bonchev–Trinajstić information content (AvgIpc) is 2.04. The molecule has 0 amide bonds. The second-order valence-electron chi connectivity index (χ2n) is 2.88. The first kappa shape index (κ1) is 7.68. The fourth-order valence-corrected chi connectivity index (χ4v) is 1.45. The molecule has 0 unspecified atom stereocenters. The number of nitrogens with zero attached hydrogens (tertiary/aromatic N) is 1. The second kappa shape index (κ2) is 2.83. The standard InChI is InChI=1S/C9H8F2N/c10-7-3-6-1-2-12-5-8(6)9(11)4-7/h3-4H,1-2,5H2. The van der Waals surface area contributed by atoms with Crippen LogP contribution in [0.4, 0.5) is 8.78 Å². The molecule has 0 atom stereocenters. The zero-order chi connectivity index (χ0) is 8.55. The molecule has 2 rings (SSSR count). The van der Waals surface area contributed by atoms with Crippen molar-refractivity contribution in [1.82, 2.24) is 5.32 Å². The maximum Gasteiger partial charge on any atom is 0.130 e. The van der Waals surface area contributed by atoms with Crippen molar-refractivity contribution in [3.05, 3.63) is 34.9 Å². The van der Waals surface area contributed by atoms with E-state index in [4.69, 9.17) is 0 Å². The highest BCUT2D eigenvalue weighted by atomic mass is 19.1. The van der Waals surface area contributed by atoms with Crippen LogP contribution in [-0.4, -0.2) is 6.54 Å². The van der Waals surface area contributed by atoms with Crippen molar-refractivity contribution in [2.75, 3.05) is 6.54 Å². The summed E-state index contributed by atoms with van der Waals surface area (Å²) in [5.74, 6) is -0.957. The van der Waals surface area contributed by atoms with Gasteiger partial charge in [-0.15, -0.1) is 0 Å².